The number of hydrogen-bond acceptors (Lipinski definition) is 6. The van der Waals surface area contributed by atoms with Gasteiger partial charge in [-0.2, -0.15) is 4.31 Å². The van der Waals surface area contributed by atoms with Crippen LogP contribution < -0.4 is 15.4 Å². The molecule has 4 aromatic carbocycles. The first-order chi connectivity index (χ1) is 21.5. The Labute approximate surface area is 263 Å². The molecule has 0 unspecified atom stereocenters. The predicted octanol–water partition coefficient (Wildman–Crippen LogP) is 5.33. The summed E-state index contributed by atoms with van der Waals surface area (Å²) in [6.07, 6.45) is -0.621. The fraction of sp³-hybridized carbons (Fsp3) is 0.294. The molecule has 0 radical (unpaired) electrons. The van der Waals surface area contributed by atoms with E-state index in [9.17, 15) is 23.1 Å². The van der Waals surface area contributed by atoms with Crippen molar-refractivity contribution in [3.8, 4) is 5.75 Å². The topological polar surface area (TPSA) is 128 Å². The van der Waals surface area contributed by atoms with Crippen LogP contribution in [-0.4, -0.2) is 73.6 Å². The van der Waals surface area contributed by atoms with Gasteiger partial charge < -0.3 is 25.4 Å². The minimum absolute atomic E-state index is 0.0276. The summed E-state index contributed by atoms with van der Waals surface area (Å²) in [7, 11) is -2.30. The van der Waals surface area contributed by atoms with E-state index in [-0.39, 0.29) is 47.7 Å². The molecule has 3 N–H and O–H groups in total. The number of urea groups is 1. The Bertz CT molecular complexity index is 1810. The van der Waals surface area contributed by atoms with E-state index in [1.165, 1.54) is 17.4 Å². The van der Waals surface area contributed by atoms with Crippen molar-refractivity contribution in [3.63, 3.8) is 0 Å². The van der Waals surface area contributed by atoms with Crippen LogP contribution in [0.1, 0.15) is 29.8 Å². The van der Waals surface area contributed by atoms with Gasteiger partial charge in [0.1, 0.15) is 11.9 Å². The number of carbonyl (C=O) groups is 2. The van der Waals surface area contributed by atoms with Crippen molar-refractivity contribution in [2.75, 3.05) is 37.4 Å². The number of ether oxygens (including phenoxy) is 1. The summed E-state index contributed by atoms with van der Waals surface area (Å²) in [5.74, 6) is -0.389. The van der Waals surface area contributed by atoms with Gasteiger partial charge in [-0.05, 0) is 55.6 Å². The van der Waals surface area contributed by atoms with Gasteiger partial charge in [0.15, 0.2) is 0 Å². The van der Waals surface area contributed by atoms with Crippen molar-refractivity contribution in [2.24, 2.45) is 5.92 Å². The van der Waals surface area contributed by atoms with E-state index in [2.05, 4.69) is 10.6 Å². The van der Waals surface area contributed by atoms with Crippen molar-refractivity contribution in [1.82, 2.24) is 9.21 Å². The summed E-state index contributed by atoms with van der Waals surface area (Å²) >= 11 is 0. The largest absolute Gasteiger partial charge is 0.488 e. The number of anilines is 2. The molecule has 45 heavy (non-hydrogen) atoms. The Kier molecular flexibility index (Phi) is 9.42. The summed E-state index contributed by atoms with van der Waals surface area (Å²) in [5.41, 5.74) is 2.15. The van der Waals surface area contributed by atoms with Gasteiger partial charge in [-0.3, -0.25) is 4.79 Å². The summed E-state index contributed by atoms with van der Waals surface area (Å²) in [6, 6.07) is 23.8. The van der Waals surface area contributed by atoms with Crippen LogP contribution in [0, 0.1) is 12.8 Å². The molecular weight excluding hydrogens is 592 g/mol. The second-order valence-electron chi connectivity index (χ2n) is 11.5. The third kappa shape index (κ3) is 6.95. The molecule has 11 heteroatoms. The number of aliphatic hydroxyl groups is 1. The van der Waals surface area contributed by atoms with E-state index in [0.29, 0.717) is 11.4 Å². The quantitative estimate of drug-likeness (QED) is 0.241. The van der Waals surface area contributed by atoms with E-state index >= 15 is 0 Å². The summed E-state index contributed by atoms with van der Waals surface area (Å²) in [4.78, 5) is 28.6. The summed E-state index contributed by atoms with van der Waals surface area (Å²) < 4.78 is 34.4. The van der Waals surface area contributed by atoms with Crippen molar-refractivity contribution in [2.45, 2.75) is 37.8 Å². The molecular formula is C34H38N4O6S. The normalized spacial score (nSPS) is 17.6. The van der Waals surface area contributed by atoms with Crippen molar-refractivity contribution in [3.05, 3.63) is 96.1 Å². The first-order valence-electron chi connectivity index (χ1n) is 14.8. The SMILES string of the molecule is Cc1ccc(S(=O)(=O)N(C)C[C@@H]2Oc3ccc(NC(=O)Nc4cccc5ccccc45)cc3C(=O)N([C@H](C)CO)C[C@@H]2C)cc1. The van der Waals surface area contributed by atoms with Gasteiger partial charge in [-0.15, -0.1) is 0 Å². The van der Waals surface area contributed by atoms with Gasteiger partial charge in [0.05, 0.1) is 35.3 Å². The average molecular weight is 631 g/mol. The molecule has 1 heterocycles. The van der Waals surface area contributed by atoms with Crippen molar-refractivity contribution in [1.29, 1.82) is 0 Å². The fourth-order valence-electron chi connectivity index (χ4n) is 5.38. The van der Waals surface area contributed by atoms with Gasteiger partial charge >= 0.3 is 6.03 Å². The Morgan fingerprint density at radius 3 is 2.49 bits per heavy atom. The summed E-state index contributed by atoms with van der Waals surface area (Å²) in [5, 5.41) is 17.5. The maximum atomic E-state index is 13.8. The van der Waals surface area contributed by atoms with E-state index < -0.39 is 28.2 Å². The molecule has 0 saturated carbocycles. The maximum Gasteiger partial charge on any atom is 0.323 e. The number of hydrogen-bond donors (Lipinski definition) is 3. The second kappa shape index (κ2) is 13.3. The second-order valence-corrected chi connectivity index (χ2v) is 13.6. The number of fused-ring (bicyclic) bond motifs is 2. The predicted molar refractivity (Wildman–Crippen MR) is 175 cm³/mol. The minimum atomic E-state index is -3.80. The molecule has 0 aliphatic carbocycles. The van der Waals surface area contributed by atoms with Crippen LogP contribution in [0.15, 0.2) is 89.8 Å². The highest BCUT2D eigenvalue weighted by Crippen LogP contribution is 2.31. The van der Waals surface area contributed by atoms with Crippen LogP contribution in [0.5, 0.6) is 5.75 Å². The lowest BCUT2D eigenvalue weighted by atomic mass is 9.99. The Balaban J connectivity index is 1.41. The minimum Gasteiger partial charge on any atom is -0.488 e. The van der Waals surface area contributed by atoms with Gasteiger partial charge in [-0.25, -0.2) is 13.2 Å². The van der Waals surface area contributed by atoms with Crippen LogP contribution in [-0.2, 0) is 10.0 Å². The van der Waals surface area contributed by atoms with Gasteiger partial charge in [0, 0.05) is 30.6 Å². The molecule has 0 saturated heterocycles. The number of aliphatic hydroxyl groups excluding tert-OH is 1. The first-order valence-corrected chi connectivity index (χ1v) is 16.2. The molecule has 1 aliphatic heterocycles. The number of carbonyl (C=O) groups excluding carboxylic acids is 2. The van der Waals surface area contributed by atoms with Crippen LogP contribution in [0.4, 0.5) is 16.2 Å². The molecule has 0 fully saturated rings. The number of nitrogens with one attached hydrogen (secondary N) is 2. The lowest BCUT2D eigenvalue weighted by Gasteiger charge is -2.38. The molecule has 0 bridgehead atoms. The number of nitrogens with zero attached hydrogens (tertiary/aromatic N) is 2. The van der Waals surface area contributed by atoms with Crippen molar-refractivity contribution < 1.29 is 27.9 Å². The van der Waals surface area contributed by atoms with Crippen LogP contribution in [0.25, 0.3) is 10.8 Å². The molecule has 3 atom stereocenters. The molecule has 5 rings (SSSR count). The van der Waals surface area contributed by atoms with Gasteiger partial charge in [0.25, 0.3) is 5.91 Å². The molecule has 1 aliphatic rings. The number of benzene rings is 4. The zero-order valence-corrected chi connectivity index (χ0v) is 26.5. The Morgan fingerprint density at radius 1 is 1.04 bits per heavy atom. The van der Waals surface area contributed by atoms with Crippen molar-refractivity contribution >= 4 is 44.1 Å². The third-order valence-electron chi connectivity index (χ3n) is 8.13. The van der Waals surface area contributed by atoms with Gasteiger partial charge in [0.2, 0.25) is 10.0 Å². The maximum absolute atomic E-state index is 13.8. The molecule has 0 aromatic heterocycles. The zero-order chi connectivity index (χ0) is 32.3. The number of amides is 3. The van der Waals surface area contributed by atoms with E-state index in [0.717, 1.165) is 16.3 Å². The standard InChI is InChI=1S/C34H38N4O6S/c1-22-12-15-27(16-13-22)45(42,43)37(4)20-32-23(2)19-38(24(3)21-39)33(40)29-18-26(14-17-31(29)44-32)35-34(41)36-30-11-7-9-25-8-5-6-10-28(25)30/h5-18,23-24,32,39H,19-21H2,1-4H3,(H2,35,36,41)/t23-,24+,32-/m0/s1. The van der Waals surface area contributed by atoms with E-state index in [1.54, 1.807) is 48.2 Å². The monoisotopic (exact) mass is 630 g/mol. The van der Waals surface area contributed by atoms with E-state index in [4.69, 9.17) is 4.74 Å². The fourth-order valence-corrected chi connectivity index (χ4v) is 6.56. The molecule has 3 amide bonds. The summed E-state index contributed by atoms with van der Waals surface area (Å²) in [6.45, 7) is 5.52. The highest BCUT2D eigenvalue weighted by atomic mass is 32.2. The average Bonchev–Trinajstić information content (AvgIpc) is 3.03. The molecule has 4 aromatic rings. The highest BCUT2D eigenvalue weighted by molar-refractivity contribution is 7.89. The van der Waals surface area contributed by atoms with Crippen LogP contribution >= 0.6 is 0 Å². The van der Waals surface area contributed by atoms with Crippen LogP contribution in [0.3, 0.4) is 0 Å². The zero-order valence-electron chi connectivity index (χ0n) is 25.7. The molecule has 236 valence electrons. The highest BCUT2D eigenvalue weighted by Gasteiger charge is 2.35. The third-order valence-corrected chi connectivity index (χ3v) is 9.96. The number of likely N-dealkylation sites (N-methyl/N-ethyl adjacent to an activating group) is 1. The lowest BCUT2D eigenvalue weighted by Crippen LogP contribution is -2.50. The van der Waals surface area contributed by atoms with E-state index in [1.807, 2.05) is 56.3 Å². The Hall–Kier alpha value is -4.45. The first kappa shape index (κ1) is 32.0. The molecule has 0 spiro atoms. The molecule has 10 nitrogen and oxygen atoms in total. The van der Waals surface area contributed by atoms with Crippen LogP contribution in [0.2, 0.25) is 0 Å². The lowest BCUT2D eigenvalue weighted by molar-refractivity contribution is 0.0387. The smallest absolute Gasteiger partial charge is 0.323 e. The number of rotatable bonds is 8. The Morgan fingerprint density at radius 2 is 1.76 bits per heavy atom. The van der Waals surface area contributed by atoms with Gasteiger partial charge in [-0.1, -0.05) is 61.0 Å². The number of aryl methyl sites for hydroxylation is 1. The number of sulfonamides is 1.